The molecule has 1 atom stereocenters. The minimum Gasteiger partial charge on any atom is -0.497 e. The molecule has 3 nitrogen and oxygen atoms in total. The van der Waals surface area contributed by atoms with E-state index in [0.29, 0.717) is 0 Å². The van der Waals surface area contributed by atoms with Crippen LogP contribution in [0.25, 0.3) is 11.0 Å². The van der Waals surface area contributed by atoms with Gasteiger partial charge in [0.05, 0.1) is 12.7 Å². The van der Waals surface area contributed by atoms with Gasteiger partial charge in [-0.1, -0.05) is 12.5 Å². The monoisotopic (exact) mass is 284 g/mol. The van der Waals surface area contributed by atoms with Crippen molar-refractivity contribution in [2.24, 2.45) is 0 Å². The molecule has 2 aromatic rings. The van der Waals surface area contributed by atoms with E-state index in [2.05, 4.69) is 6.92 Å². The van der Waals surface area contributed by atoms with E-state index in [1.807, 2.05) is 32.0 Å². The third kappa shape index (κ3) is 2.17. The SMILES string of the molecule is COc1ccc2oc3c(c2c1)C(=O)C(=C(C)C)CC[C@@H]3C. The Balaban J connectivity index is 2.31. The number of Topliss-reactive ketones (excluding diaryl/α,β-unsaturated/α-hetero) is 1. The number of ketones is 1. The van der Waals surface area contributed by atoms with Gasteiger partial charge in [-0.15, -0.1) is 0 Å². The number of rotatable bonds is 1. The highest BCUT2D eigenvalue weighted by Gasteiger charge is 2.30. The number of furan rings is 1. The Morgan fingerprint density at radius 1 is 1.33 bits per heavy atom. The zero-order valence-electron chi connectivity index (χ0n) is 12.9. The molecular formula is C18H20O3. The maximum Gasteiger partial charge on any atom is 0.193 e. The largest absolute Gasteiger partial charge is 0.497 e. The van der Waals surface area contributed by atoms with Gasteiger partial charge in [-0.05, 0) is 50.5 Å². The number of hydrogen-bond donors (Lipinski definition) is 0. The molecule has 0 radical (unpaired) electrons. The summed E-state index contributed by atoms with van der Waals surface area (Å²) in [6.45, 7) is 6.14. The summed E-state index contributed by atoms with van der Waals surface area (Å²) in [6.07, 6.45) is 1.76. The third-order valence-electron chi connectivity index (χ3n) is 4.30. The second-order valence-electron chi connectivity index (χ2n) is 5.95. The van der Waals surface area contributed by atoms with Crippen molar-refractivity contribution in [3.63, 3.8) is 0 Å². The van der Waals surface area contributed by atoms with Crippen molar-refractivity contribution < 1.29 is 13.9 Å². The lowest BCUT2D eigenvalue weighted by Crippen LogP contribution is -2.04. The van der Waals surface area contributed by atoms with Gasteiger partial charge in [-0.3, -0.25) is 4.79 Å². The van der Waals surface area contributed by atoms with Crippen LogP contribution in [-0.2, 0) is 0 Å². The van der Waals surface area contributed by atoms with Gasteiger partial charge < -0.3 is 9.15 Å². The van der Waals surface area contributed by atoms with E-state index in [1.54, 1.807) is 7.11 Å². The normalized spacial score (nSPS) is 18.6. The number of methoxy groups -OCH3 is 1. The van der Waals surface area contributed by atoms with Crippen molar-refractivity contribution in [2.45, 2.75) is 39.5 Å². The highest BCUT2D eigenvalue weighted by atomic mass is 16.5. The molecule has 0 N–H and O–H groups in total. The summed E-state index contributed by atoms with van der Waals surface area (Å²) in [6, 6.07) is 5.64. The van der Waals surface area contributed by atoms with E-state index in [9.17, 15) is 4.79 Å². The fourth-order valence-electron chi connectivity index (χ4n) is 3.04. The van der Waals surface area contributed by atoms with Crippen LogP contribution in [0.5, 0.6) is 5.75 Å². The number of carbonyl (C=O) groups excluding carboxylic acids is 1. The smallest absolute Gasteiger partial charge is 0.193 e. The van der Waals surface area contributed by atoms with Crippen LogP contribution in [0.1, 0.15) is 55.6 Å². The highest BCUT2D eigenvalue weighted by Crippen LogP contribution is 2.40. The van der Waals surface area contributed by atoms with Crippen molar-refractivity contribution in [1.29, 1.82) is 0 Å². The zero-order valence-corrected chi connectivity index (χ0v) is 12.9. The topological polar surface area (TPSA) is 39.4 Å². The average molecular weight is 284 g/mol. The molecule has 21 heavy (non-hydrogen) atoms. The molecule has 1 aliphatic rings. The van der Waals surface area contributed by atoms with Crippen molar-refractivity contribution >= 4 is 16.8 Å². The molecule has 3 rings (SSSR count). The fraction of sp³-hybridized carbons (Fsp3) is 0.389. The van der Waals surface area contributed by atoms with Gasteiger partial charge in [0.2, 0.25) is 0 Å². The van der Waals surface area contributed by atoms with E-state index < -0.39 is 0 Å². The van der Waals surface area contributed by atoms with Gasteiger partial charge in [-0.2, -0.15) is 0 Å². The summed E-state index contributed by atoms with van der Waals surface area (Å²) in [5.41, 5.74) is 3.50. The first kappa shape index (κ1) is 13.9. The molecule has 0 saturated carbocycles. The lowest BCUT2D eigenvalue weighted by molar-refractivity contribution is 0.103. The summed E-state index contributed by atoms with van der Waals surface area (Å²) in [4.78, 5) is 12.9. The van der Waals surface area contributed by atoms with Crippen molar-refractivity contribution in [3.8, 4) is 5.75 Å². The summed E-state index contributed by atoms with van der Waals surface area (Å²) < 4.78 is 11.3. The van der Waals surface area contributed by atoms with E-state index in [4.69, 9.17) is 9.15 Å². The Morgan fingerprint density at radius 3 is 2.76 bits per heavy atom. The number of hydrogen-bond acceptors (Lipinski definition) is 3. The number of benzene rings is 1. The molecule has 0 unspecified atom stereocenters. The minimum atomic E-state index is 0.112. The summed E-state index contributed by atoms with van der Waals surface area (Å²) >= 11 is 0. The van der Waals surface area contributed by atoms with Crippen molar-refractivity contribution in [1.82, 2.24) is 0 Å². The summed E-state index contributed by atoms with van der Waals surface area (Å²) in [5, 5.41) is 0.863. The molecule has 0 bridgehead atoms. The van der Waals surface area contributed by atoms with Gasteiger partial charge in [-0.25, -0.2) is 0 Å². The molecule has 1 heterocycles. The number of fused-ring (bicyclic) bond motifs is 3. The Labute approximate surface area is 124 Å². The highest BCUT2D eigenvalue weighted by molar-refractivity contribution is 6.17. The lowest BCUT2D eigenvalue weighted by Gasteiger charge is -2.06. The van der Waals surface area contributed by atoms with Crippen LogP contribution in [0.2, 0.25) is 0 Å². The Morgan fingerprint density at radius 2 is 2.10 bits per heavy atom. The molecule has 3 heteroatoms. The molecule has 1 aromatic carbocycles. The molecule has 0 spiro atoms. The quantitative estimate of drug-likeness (QED) is 0.554. The van der Waals surface area contributed by atoms with Crippen LogP contribution in [0.4, 0.5) is 0 Å². The minimum absolute atomic E-state index is 0.112. The van der Waals surface area contributed by atoms with E-state index in [1.165, 1.54) is 0 Å². The van der Waals surface area contributed by atoms with Gasteiger partial charge >= 0.3 is 0 Å². The van der Waals surface area contributed by atoms with Gasteiger partial charge in [0.25, 0.3) is 0 Å². The van der Waals surface area contributed by atoms with Crippen LogP contribution in [0.3, 0.4) is 0 Å². The first-order valence-electron chi connectivity index (χ1n) is 7.34. The van der Waals surface area contributed by atoms with Crippen LogP contribution >= 0.6 is 0 Å². The molecule has 0 fully saturated rings. The number of allylic oxidation sites excluding steroid dienone is 2. The number of carbonyl (C=O) groups is 1. The molecule has 1 aromatic heterocycles. The summed E-state index contributed by atoms with van der Waals surface area (Å²) in [7, 11) is 1.63. The van der Waals surface area contributed by atoms with Crippen LogP contribution < -0.4 is 4.74 Å². The maximum atomic E-state index is 12.9. The summed E-state index contributed by atoms with van der Waals surface area (Å²) in [5.74, 6) is 1.93. The van der Waals surface area contributed by atoms with Crippen LogP contribution in [-0.4, -0.2) is 12.9 Å². The zero-order chi connectivity index (χ0) is 15.1. The Bertz CT molecular complexity index is 745. The standard InChI is InChI=1S/C18H20O3/c1-10(2)13-7-5-11(3)18-16(17(13)19)14-9-12(20-4)6-8-15(14)21-18/h6,8-9,11H,5,7H2,1-4H3/t11-/m0/s1. The van der Waals surface area contributed by atoms with Crippen molar-refractivity contribution in [3.05, 3.63) is 40.7 Å². The second kappa shape index (κ2) is 5.06. The van der Waals surface area contributed by atoms with Crippen molar-refractivity contribution in [2.75, 3.05) is 7.11 Å². The van der Waals surface area contributed by atoms with E-state index in [0.717, 1.165) is 52.0 Å². The Hall–Kier alpha value is -2.03. The fourth-order valence-corrected chi connectivity index (χ4v) is 3.04. The van der Waals surface area contributed by atoms with Gasteiger partial charge in [0, 0.05) is 11.3 Å². The maximum absolute atomic E-state index is 12.9. The van der Waals surface area contributed by atoms with Gasteiger partial charge in [0.15, 0.2) is 5.78 Å². The van der Waals surface area contributed by atoms with E-state index >= 15 is 0 Å². The molecule has 0 aliphatic heterocycles. The second-order valence-corrected chi connectivity index (χ2v) is 5.95. The first-order valence-corrected chi connectivity index (χ1v) is 7.34. The van der Waals surface area contributed by atoms with Crippen LogP contribution in [0, 0.1) is 0 Å². The lowest BCUT2D eigenvalue weighted by atomic mass is 9.97. The van der Waals surface area contributed by atoms with Crippen LogP contribution in [0.15, 0.2) is 33.8 Å². The van der Waals surface area contributed by atoms with E-state index in [-0.39, 0.29) is 11.7 Å². The Kier molecular flexibility index (Phi) is 3.36. The molecule has 0 amide bonds. The molecule has 0 saturated heterocycles. The number of ether oxygens (including phenoxy) is 1. The van der Waals surface area contributed by atoms with Gasteiger partial charge in [0.1, 0.15) is 17.1 Å². The third-order valence-corrected chi connectivity index (χ3v) is 4.30. The first-order chi connectivity index (χ1) is 10.0. The average Bonchev–Trinajstić information content (AvgIpc) is 2.79. The predicted molar refractivity (Wildman–Crippen MR) is 83.1 cm³/mol. The molecule has 1 aliphatic carbocycles. The molecule has 110 valence electrons. The predicted octanol–water partition coefficient (Wildman–Crippen LogP) is 4.86. The molecular weight excluding hydrogens is 264 g/mol.